The van der Waals surface area contributed by atoms with E-state index in [1.165, 1.54) is 0 Å². The van der Waals surface area contributed by atoms with Crippen molar-refractivity contribution in [2.24, 2.45) is 5.73 Å². The third-order valence-corrected chi connectivity index (χ3v) is 3.70. The van der Waals surface area contributed by atoms with Crippen molar-refractivity contribution in [3.63, 3.8) is 0 Å². The zero-order valence-electron chi connectivity index (χ0n) is 8.91. The van der Waals surface area contributed by atoms with Crippen LogP contribution in [0.4, 0.5) is 5.69 Å². The van der Waals surface area contributed by atoms with Gasteiger partial charge in [-0.2, -0.15) is 5.26 Å². The monoisotopic (exact) mass is 279 g/mol. The summed E-state index contributed by atoms with van der Waals surface area (Å²) < 4.78 is 0.826. The van der Waals surface area contributed by atoms with Crippen LogP contribution in [0.2, 0.25) is 0 Å². The normalized spacial score (nSPS) is 24.1. The van der Waals surface area contributed by atoms with Crippen molar-refractivity contribution in [1.82, 2.24) is 0 Å². The van der Waals surface area contributed by atoms with Crippen LogP contribution in [-0.4, -0.2) is 12.1 Å². The number of benzene rings is 1. The minimum absolute atomic E-state index is 0.200. The molecule has 0 saturated heterocycles. The van der Waals surface area contributed by atoms with Crippen LogP contribution in [0.1, 0.15) is 24.8 Å². The fourth-order valence-electron chi connectivity index (χ4n) is 2.13. The predicted octanol–water partition coefficient (Wildman–Crippen LogP) is 2.61. The molecule has 84 valence electrons. The van der Waals surface area contributed by atoms with Gasteiger partial charge in [0.1, 0.15) is 6.07 Å². The molecule has 1 aliphatic rings. The predicted molar refractivity (Wildman–Crippen MR) is 68.1 cm³/mol. The first-order chi connectivity index (χ1) is 7.72. The molecule has 1 saturated carbocycles. The number of hydrogen-bond acceptors (Lipinski definition) is 3. The molecule has 0 amide bonds. The molecule has 1 aliphatic carbocycles. The molecule has 0 aliphatic heterocycles. The van der Waals surface area contributed by atoms with E-state index in [0.717, 1.165) is 29.4 Å². The maximum absolute atomic E-state index is 9.09. The molecule has 2 atom stereocenters. The Morgan fingerprint density at radius 1 is 1.44 bits per heavy atom. The van der Waals surface area contributed by atoms with Crippen LogP contribution in [0.15, 0.2) is 22.7 Å². The maximum atomic E-state index is 9.09. The number of nitrogens with zero attached hydrogens (tertiary/aromatic N) is 1. The van der Waals surface area contributed by atoms with Gasteiger partial charge in [0.2, 0.25) is 0 Å². The number of hydrogen-bond donors (Lipinski definition) is 2. The van der Waals surface area contributed by atoms with Gasteiger partial charge in [-0.3, -0.25) is 0 Å². The first-order valence-corrected chi connectivity index (χ1v) is 6.22. The number of rotatable bonds is 2. The van der Waals surface area contributed by atoms with Gasteiger partial charge in [-0.1, -0.05) is 6.07 Å². The second-order valence-electron chi connectivity index (χ2n) is 4.12. The lowest BCUT2D eigenvalue weighted by molar-refractivity contribution is 0.638. The van der Waals surface area contributed by atoms with Crippen molar-refractivity contribution >= 4 is 21.6 Å². The van der Waals surface area contributed by atoms with Gasteiger partial charge < -0.3 is 11.1 Å². The Kier molecular flexibility index (Phi) is 3.47. The first-order valence-electron chi connectivity index (χ1n) is 5.43. The van der Waals surface area contributed by atoms with Crippen molar-refractivity contribution in [3.05, 3.63) is 28.2 Å². The zero-order valence-corrected chi connectivity index (χ0v) is 10.5. The van der Waals surface area contributed by atoms with E-state index in [4.69, 9.17) is 11.0 Å². The van der Waals surface area contributed by atoms with Gasteiger partial charge in [0.05, 0.1) is 11.3 Å². The van der Waals surface area contributed by atoms with Crippen LogP contribution in [0.3, 0.4) is 0 Å². The van der Waals surface area contributed by atoms with Gasteiger partial charge in [-0.15, -0.1) is 0 Å². The summed E-state index contributed by atoms with van der Waals surface area (Å²) in [5.41, 5.74) is 7.53. The molecule has 2 unspecified atom stereocenters. The van der Waals surface area contributed by atoms with Crippen LogP contribution in [0, 0.1) is 11.3 Å². The molecular formula is C12H14BrN3. The standard InChI is InChI=1S/C12H14BrN3/c13-9-3-1-5-11(8(9)7-14)16-12-6-2-4-10(12)15/h1,3,5,10,12,16H,2,4,6,15H2. The number of anilines is 1. The molecule has 3 N–H and O–H groups in total. The van der Waals surface area contributed by atoms with Gasteiger partial charge in [-0.25, -0.2) is 0 Å². The van der Waals surface area contributed by atoms with E-state index in [1.807, 2.05) is 18.2 Å². The minimum Gasteiger partial charge on any atom is -0.380 e. The Morgan fingerprint density at radius 3 is 2.88 bits per heavy atom. The summed E-state index contributed by atoms with van der Waals surface area (Å²) in [6.07, 6.45) is 3.31. The number of nitriles is 1. The average molecular weight is 280 g/mol. The van der Waals surface area contributed by atoms with E-state index in [9.17, 15) is 0 Å². The quantitative estimate of drug-likeness (QED) is 0.875. The van der Waals surface area contributed by atoms with Crippen LogP contribution in [-0.2, 0) is 0 Å². The fourth-order valence-corrected chi connectivity index (χ4v) is 2.58. The molecule has 1 aromatic carbocycles. The van der Waals surface area contributed by atoms with Gasteiger partial charge in [-0.05, 0) is 47.3 Å². The highest BCUT2D eigenvalue weighted by Crippen LogP contribution is 2.27. The van der Waals surface area contributed by atoms with Gasteiger partial charge >= 0.3 is 0 Å². The second kappa shape index (κ2) is 4.86. The Morgan fingerprint density at radius 2 is 2.25 bits per heavy atom. The van der Waals surface area contributed by atoms with E-state index in [1.54, 1.807) is 0 Å². The summed E-state index contributed by atoms with van der Waals surface area (Å²) >= 11 is 3.38. The molecule has 16 heavy (non-hydrogen) atoms. The minimum atomic E-state index is 0.200. The summed E-state index contributed by atoms with van der Waals surface area (Å²) in [4.78, 5) is 0. The van der Waals surface area contributed by atoms with Crippen LogP contribution in [0.25, 0.3) is 0 Å². The Hall–Kier alpha value is -1.05. The topological polar surface area (TPSA) is 61.8 Å². The lowest BCUT2D eigenvalue weighted by Gasteiger charge is -2.19. The molecule has 1 aromatic rings. The molecule has 0 radical (unpaired) electrons. The number of nitrogens with two attached hydrogens (primary N) is 1. The molecule has 3 nitrogen and oxygen atoms in total. The number of nitrogens with one attached hydrogen (secondary N) is 1. The summed E-state index contributed by atoms with van der Waals surface area (Å²) in [6, 6.07) is 8.42. The Balaban J connectivity index is 2.21. The van der Waals surface area contributed by atoms with Crippen molar-refractivity contribution in [1.29, 1.82) is 5.26 Å². The van der Waals surface area contributed by atoms with E-state index >= 15 is 0 Å². The summed E-state index contributed by atoms with van der Waals surface area (Å²) in [6.45, 7) is 0. The lowest BCUT2D eigenvalue weighted by Crippen LogP contribution is -2.35. The highest BCUT2D eigenvalue weighted by Gasteiger charge is 2.24. The Labute approximate surface area is 104 Å². The van der Waals surface area contributed by atoms with Gasteiger partial charge in [0.25, 0.3) is 0 Å². The van der Waals surface area contributed by atoms with Crippen molar-refractivity contribution < 1.29 is 0 Å². The largest absolute Gasteiger partial charge is 0.380 e. The molecule has 0 aromatic heterocycles. The Bertz CT molecular complexity index is 425. The highest BCUT2D eigenvalue weighted by molar-refractivity contribution is 9.10. The summed E-state index contributed by atoms with van der Waals surface area (Å²) in [7, 11) is 0. The van der Waals surface area contributed by atoms with Crippen LogP contribution < -0.4 is 11.1 Å². The molecule has 2 rings (SSSR count). The molecule has 0 bridgehead atoms. The van der Waals surface area contributed by atoms with Gasteiger partial charge in [0, 0.05) is 16.6 Å². The molecular weight excluding hydrogens is 266 g/mol. The van der Waals surface area contributed by atoms with E-state index in [2.05, 4.69) is 27.3 Å². The van der Waals surface area contributed by atoms with Crippen molar-refractivity contribution in [3.8, 4) is 6.07 Å². The molecule has 1 fully saturated rings. The first kappa shape index (κ1) is 11.4. The maximum Gasteiger partial charge on any atom is 0.103 e. The summed E-state index contributed by atoms with van der Waals surface area (Å²) in [5.74, 6) is 0. The molecule has 0 spiro atoms. The third-order valence-electron chi connectivity index (χ3n) is 3.04. The van der Waals surface area contributed by atoms with Crippen molar-refractivity contribution in [2.45, 2.75) is 31.3 Å². The molecule has 4 heteroatoms. The summed E-state index contributed by atoms with van der Waals surface area (Å²) in [5, 5.41) is 12.5. The van der Waals surface area contributed by atoms with Crippen LogP contribution >= 0.6 is 15.9 Å². The van der Waals surface area contributed by atoms with E-state index < -0.39 is 0 Å². The van der Waals surface area contributed by atoms with E-state index in [0.29, 0.717) is 11.6 Å². The van der Waals surface area contributed by atoms with E-state index in [-0.39, 0.29) is 6.04 Å². The lowest BCUT2D eigenvalue weighted by atomic mass is 10.1. The fraction of sp³-hybridized carbons (Fsp3) is 0.417. The number of halogens is 1. The second-order valence-corrected chi connectivity index (χ2v) is 4.97. The zero-order chi connectivity index (χ0) is 11.5. The smallest absolute Gasteiger partial charge is 0.103 e. The van der Waals surface area contributed by atoms with Gasteiger partial charge in [0.15, 0.2) is 0 Å². The molecule has 0 heterocycles. The van der Waals surface area contributed by atoms with Crippen LogP contribution in [0.5, 0.6) is 0 Å². The SMILES string of the molecule is N#Cc1c(Br)cccc1NC1CCCC1N. The average Bonchev–Trinajstić information content (AvgIpc) is 2.65. The van der Waals surface area contributed by atoms with Crippen molar-refractivity contribution in [2.75, 3.05) is 5.32 Å². The third kappa shape index (κ3) is 2.21. The highest BCUT2D eigenvalue weighted by atomic mass is 79.9.